The Morgan fingerprint density at radius 3 is 2.57 bits per heavy atom. The van der Waals surface area contributed by atoms with Gasteiger partial charge in [-0.3, -0.25) is 4.79 Å². The molecule has 4 heteroatoms. The van der Waals surface area contributed by atoms with Gasteiger partial charge in [0.05, 0.1) is 13.7 Å². The van der Waals surface area contributed by atoms with E-state index in [0.29, 0.717) is 6.54 Å². The van der Waals surface area contributed by atoms with E-state index in [1.54, 1.807) is 7.11 Å². The zero-order valence-corrected chi connectivity index (χ0v) is 8.12. The van der Waals surface area contributed by atoms with E-state index in [-0.39, 0.29) is 12.5 Å². The smallest absolute Gasteiger partial charge is 0.234 e. The van der Waals surface area contributed by atoms with Crippen molar-refractivity contribution in [2.45, 2.75) is 6.54 Å². The Bertz CT molecular complexity index is 295. The van der Waals surface area contributed by atoms with Crippen molar-refractivity contribution in [2.75, 3.05) is 13.7 Å². The number of benzene rings is 1. The van der Waals surface area contributed by atoms with Crippen LogP contribution in [0.3, 0.4) is 0 Å². The van der Waals surface area contributed by atoms with Gasteiger partial charge in [0.1, 0.15) is 5.75 Å². The molecule has 0 aliphatic carbocycles. The average Bonchev–Trinajstić information content (AvgIpc) is 2.26. The summed E-state index contributed by atoms with van der Waals surface area (Å²) < 4.78 is 5.01. The van der Waals surface area contributed by atoms with E-state index in [1.807, 2.05) is 24.3 Å². The number of rotatable bonds is 4. The molecule has 1 aromatic rings. The third-order valence-electron chi connectivity index (χ3n) is 1.83. The predicted octanol–water partition coefficient (Wildman–Crippen LogP) is 0.270. The maximum atomic E-state index is 10.8. The van der Waals surface area contributed by atoms with Crippen molar-refractivity contribution < 1.29 is 9.53 Å². The molecule has 0 aromatic heterocycles. The van der Waals surface area contributed by atoms with Gasteiger partial charge in [-0.05, 0) is 17.7 Å². The zero-order chi connectivity index (χ0) is 10.4. The van der Waals surface area contributed by atoms with Crippen LogP contribution in [-0.4, -0.2) is 19.6 Å². The number of ether oxygens (including phenoxy) is 1. The van der Waals surface area contributed by atoms with Gasteiger partial charge in [-0.2, -0.15) is 0 Å². The SMILES string of the molecule is COc1ccc(CNC(=O)CN)cc1. The molecule has 0 spiro atoms. The van der Waals surface area contributed by atoms with Crippen LogP contribution in [0.15, 0.2) is 24.3 Å². The summed E-state index contributed by atoms with van der Waals surface area (Å²) in [6, 6.07) is 7.50. The first kappa shape index (κ1) is 10.5. The monoisotopic (exact) mass is 194 g/mol. The fourth-order valence-electron chi connectivity index (χ4n) is 1.02. The van der Waals surface area contributed by atoms with Gasteiger partial charge in [-0.1, -0.05) is 12.1 Å². The molecule has 0 heterocycles. The first-order valence-corrected chi connectivity index (χ1v) is 4.36. The summed E-state index contributed by atoms with van der Waals surface area (Å²) >= 11 is 0. The number of hydrogen-bond donors (Lipinski definition) is 2. The van der Waals surface area contributed by atoms with Crippen molar-refractivity contribution in [1.82, 2.24) is 5.32 Å². The lowest BCUT2D eigenvalue weighted by molar-refractivity contribution is -0.119. The fourth-order valence-corrected chi connectivity index (χ4v) is 1.02. The van der Waals surface area contributed by atoms with Crippen molar-refractivity contribution in [2.24, 2.45) is 5.73 Å². The van der Waals surface area contributed by atoms with Crippen LogP contribution in [0, 0.1) is 0 Å². The zero-order valence-electron chi connectivity index (χ0n) is 8.12. The molecule has 0 aliphatic heterocycles. The second kappa shape index (κ2) is 5.24. The normalized spacial score (nSPS) is 9.57. The molecule has 0 atom stereocenters. The van der Waals surface area contributed by atoms with E-state index >= 15 is 0 Å². The summed E-state index contributed by atoms with van der Waals surface area (Å²) in [5.41, 5.74) is 6.17. The van der Waals surface area contributed by atoms with Crippen molar-refractivity contribution >= 4 is 5.91 Å². The Balaban J connectivity index is 2.47. The van der Waals surface area contributed by atoms with E-state index in [1.165, 1.54) is 0 Å². The van der Waals surface area contributed by atoms with Crippen LogP contribution in [0.25, 0.3) is 0 Å². The van der Waals surface area contributed by atoms with Gasteiger partial charge in [0.25, 0.3) is 0 Å². The molecule has 0 bridgehead atoms. The van der Waals surface area contributed by atoms with Gasteiger partial charge in [-0.25, -0.2) is 0 Å². The molecule has 0 unspecified atom stereocenters. The largest absolute Gasteiger partial charge is 0.497 e. The Labute approximate surface area is 83.1 Å². The molecule has 1 aromatic carbocycles. The minimum absolute atomic E-state index is 0.0240. The number of hydrogen-bond acceptors (Lipinski definition) is 3. The van der Waals surface area contributed by atoms with Crippen LogP contribution in [0.5, 0.6) is 5.75 Å². The summed E-state index contributed by atoms with van der Waals surface area (Å²) in [6.07, 6.45) is 0. The third kappa shape index (κ3) is 3.06. The highest BCUT2D eigenvalue weighted by Crippen LogP contribution is 2.10. The highest BCUT2D eigenvalue weighted by Gasteiger charge is 1.97. The van der Waals surface area contributed by atoms with E-state index in [0.717, 1.165) is 11.3 Å². The highest BCUT2D eigenvalue weighted by atomic mass is 16.5. The van der Waals surface area contributed by atoms with Gasteiger partial charge in [0.15, 0.2) is 0 Å². The minimum atomic E-state index is -0.152. The number of carbonyl (C=O) groups is 1. The van der Waals surface area contributed by atoms with Crippen LogP contribution in [-0.2, 0) is 11.3 Å². The molecule has 0 fully saturated rings. The lowest BCUT2D eigenvalue weighted by Gasteiger charge is -2.04. The molecule has 1 rings (SSSR count). The molecule has 0 radical (unpaired) electrons. The molecular formula is C10H14N2O2. The summed E-state index contributed by atoms with van der Waals surface area (Å²) in [5, 5.41) is 2.68. The maximum Gasteiger partial charge on any atom is 0.234 e. The second-order valence-electron chi connectivity index (χ2n) is 2.83. The van der Waals surface area contributed by atoms with Gasteiger partial charge in [-0.15, -0.1) is 0 Å². The topological polar surface area (TPSA) is 64.3 Å². The summed E-state index contributed by atoms with van der Waals surface area (Å²) in [4.78, 5) is 10.8. The van der Waals surface area contributed by atoms with Crippen LogP contribution in [0.4, 0.5) is 0 Å². The van der Waals surface area contributed by atoms with Gasteiger partial charge in [0, 0.05) is 6.54 Å². The van der Waals surface area contributed by atoms with Gasteiger partial charge < -0.3 is 15.8 Å². The van der Waals surface area contributed by atoms with Crippen LogP contribution in [0.1, 0.15) is 5.56 Å². The number of amides is 1. The number of nitrogens with one attached hydrogen (secondary N) is 1. The lowest BCUT2D eigenvalue weighted by Crippen LogP contribution is -2.29. The first-order chi connectivity index (χ1) is 6.76. The fraction of sp³-hybridized carbons (Fsp3) is 0.300. The summed E-state index contributed by atoms with van der Waals surface area (Å²) in [5.74, 6) is 0.653. The Hall–Kier alpha value is -1.55. The second-order valence-corrected chi connectivity index (χ2v) is 2.83. The highest BCUT2D eigenvalue weighted by molar-refractivity contribution is 5.77. The maximum absolute atomic E-state index is 10.8. The quantitative estimate of drug-likeness (QED) is 0.723. The molecular weight excluding hydrogens is 180 g/mol. The lowest BCUT2D eigenvalue weighted by atomic mass is 10.2. The molecule has 0 saturated carbocycles. The minimum Gasteiger partial charge on any atom is -0.497 e. The standard InChI is InChI=1S/C10H14N2O2/c1-14-9-4-2-8(3-5-9)7-12-10(13)6-11/h2-5H,6-7,11H2,1H3,(H,12,13). The third-order valence-corrected chi connectivity index (χ3v) is 1.83. The number of carbonyl (C=O) groups excluding carboxylic acids is 1. The van der Waals surface area contributed by atoms with Gasteiger partial charge in [0.2, 0.25) is 5.91 Å². The molecule has 0 aliphatic rings. The average molecular weight is 194 g/mol. The molecule has 1 amide bonds. The van der Waals surface area contributed by atoms with Crippen molar-refractivity contribution in [3.63, 3.8) is 0 Å². The van der Waals surface area contributed by atoms with Gasteiger partial charge >= 0.3 is 0 Å². The summed E-state index contributed by atoms with van der Waals surface area (Å²) in [6.45, 7) is 0.524. The molecule has 0 saturated heterocycles. The number of nitrogens with two attached hydrogens (primary N) is 1. The Morgan fingerprint density at radius 2 is 2.07 bits per heavy atom. The van der Waals surface area contributed by atoms with Crippen LogP contribution in [0.2, 0.25) is 0 Å². The van der Waals surface area contributed by atoms with Crippen molar-refractivity contribution in [1.29, 1.82) is 0 Å². The van der Waals surface area contributed by atoms with E-state index in [2.05, 4.69) is 5.32 Å². The molecule has 14 heavy (non-hydrogen) atoms. The van der Waals surface area contributed by atoms with E-state index in [9.17, 15) is 4.79 Å². The van der Waals surface area contributed by atoms with Crippen molar-refractivity contribution in [3.05, 3.63) is 29.8 Å². The van der Waals surface area contributed by atoms with Crippen LogP contribution >= 0.6 is 0 Å². The van der Waals surface area contributed by atoms with Crippen molar-refractivity contribution in [3.8, 4) is 5.75 Å². The predicted molar refractivity (Wildman–Crippen MR) is 53.9 cm³/mol. The Morgan fingerprint density at radius 1 is 1.43 bits per heavy atom. The first-order valence-electron chi connectivity index (χ1n) is 4.36. The van der Waals surface area contributed by atoms with E-state index < -0.39 is 0 Å². The molecule has 76 valence electrons. The molecule has 3 N–H and O–H groups in total. The Kier molecular flexibility index (Phi) is 3.94. The van der Waals surface area contributed by atoms with Crippen LogP contribution < -0.4 is 15.8 Å². The summed E-state index contributed by atoms with van der Waals surface area (Å²) in [7, 11) is 1.62. The number of methoxy groups -OCH3 is 1. The molecule has 4 nitrogen and oxygen atoms in total. The van der Waals surface area contributed by atoms with E-state index in [4.69, 9.17) is 10.5 Å².